The summed E-state index contributed by atoms with van der Waals surface area (Å²) in [7, 11) is -8.20. The van der Waals surface area contributed by atoms with Gasteiger partial charge in [0.1, 0.15) is 33.9 Å². The maximum absolute atomic E-state index is 15.7. The summed E-state index contributed by atoms with van der Waals surface area (Å²) in [5.41, 5.74) is 7.39. The highest BCUT2D eigenvalue weighted by molar-refractivity contribution is 7.93. The zero-order chi connectivity index (χ0) is 60.6. The molecule has 2 atom stereocenters. The molecule has 0 fully saturated rings. The van der Waals surface area contributed by atoms with E-state index in [0.717, 1.165) is 22.3 Å². The molecule has 4 aromatic heterocycles. The molecular weight excluding hydrogens is 1190 g/mol. The lowest BCUT2D eigenvalue weighted by molar-refractivity contribution is -0.120. The van der Waals surface area contributed by atoms with Crippen LogP contribution in [-0.4, -0.2) is 61.7 Å². The lowest BCUT2D eigenvalue weighted by atomic mass is 9.82. The van der Waals surface area contributed by atoms with E-state index in [9.17, 15) is 16.8 Å². The first-order valence-corrected chi connectivity index (χ1v) is 31.1. The second-order valence-corrected chi connectivity index (χ2v) is 24.3. The number of benzene rings is 8. The molecule has 0 aliphatic heterocycles. The first-order valence-electron chi connectivity index (χ1n) is 27.4. The number of halogens is 2. The van der Waals surface area contributed by atoms with Gasteiger partial charge in [-0.25, -0.2) is 36.8 Å². The monoisotopic (exact) mass is 1240 g/mol. The van der Waals surface area contributed by atoms with Gasteiger partial charge < -0.3 is 18.6 Å². The number of ether oxygens (including phenoxy) is 2. The lowest BCUT2D eigenvalue weighted by Crippen LogP contribution is -2.19. The summed E-state index contributed by atoms with van der Waals surface area (Å²) < 4.78 is 75.7. The Morgan fingerprint density at radius 2 is 0.830 bits per heavy atom. The molecule has 21 heteroatoms. The molecule has 0 aliphatic carbocycles. The van der Waals surface area contributed by atoms with Gasteiger partial charge in [0.15, 0.2) is 28.1 Å². The zero-order valence-corrected chi connectivity index (χ0v) is 49.5. The number of imidazole rings is 2. The molecule has 4 heterocycles. The maximum Gasteiger partial charge on any atom is 0.263 e. The first-order chi connectivity index (χ1) is 42.8. The molecule has 8 aromatic carbocycles. The number of carbonyl (C=O) groups excluding carboxylic acids is 1. The fraction of sp³-hybridized carbons (Fsp3) is 0.0597. The van der Waals surface area contributed by atoms with Gasteiger partial charge in [0, 0.05) is 11.4 Å². The molecule has 17 nitrogen and oxygen atoms in total. The number of hydrogen-bond donors (Lipinski definition) is 2. The molecule has 0 amide bonds. The lowest BCUT2D eigenvalue weighted by Gasteiger charge is -2.20. The SMILES string of the molecule is O=C(C(/C=C/c1ccc(Oc2ncnc3c2ncn3Cc2ccccc2)cc1)c1ccc(NS(=O)(=O)c2ccccc2Cl)cc1)C(/C=C/c1ccc(Oc2ncnc3c2ncn3Cc2ccccc2)cc1)c1ccc(NS(=O)(=O)c2ccccc2Cl)cc1. The Balaban J connectivity index is 0.852. The van der Waals surface area contributed by atoms with Crippen molar-refractivity contribution in [3.05, 3.63) is 287 Å². The Morgan fingerprint density at radius 1 is 0.455 bits per heavy atom. The summed E-state index contributed by atoms with van der Waals surface area (Å²) in [4.78, 5) is 42.4. The van der Waals surface area contributed by atoms with E-state index in [-0.39, 0.29) is 48.8 Å². The van der Waals surface area contributed by atoms with Crippen LogP contribution in [0.3, 0.4) is 0 Å². The topological polar surface area (TPSA) is 215 Å². The summed E-state index contributed by atoms with van der Waals surface area (Å²) in [6.45, 7) is 1.13. The molecule has 88 heavy (non-hydrogen) atoms. The molecule has 2 N–H and O–H groups in total. The highest BCUT2D eigenvalue weighted by atomic mass is 35.5. The van der Waals surface area contributed by atoms with E-state index in [1.165, 1.54) is 36.9 Å². The van der Waals surface area contributed by atoms with Gasteiger partial charge in [-0.2, -0.15) is 9.97 Å². The predicted molar refractivity (Wildman–Crippen MR) is 341 cm³/mol. The van der Waals surface area contributed by atoms with Gasteiger partial charge in [-0.3, -0.25) is 14.2 Å². The number of anilines is 2. The van der Waals surface area contributed by atoms with Crippen molar-refractivity contribution >= 4 is 94.9 Å². The van der Waals surface area contributed by atoms with E-state index < -0.39 is 31.9 Å². The highest BCUT2D eigenvalue weighted by Gasteiger charge is 2.28. The average molecular weight is 1240 g/mol. The third kappa shape index (κ3) is 13.4. The molecule has 12 aromatic rings. The quantitative estimate of drug-likeness (QED) is 0.0647. The van der Waals surface area contributed by atoms with Crippen LogP contribution in [0, 0.1) is 0 Å². The molecule has 0 saturated carbocycles. The minimum absolute atomic E-state index is 0.0563. The fourth-order valence-electron chi connectivity index (χ4n) is 9.79. The molecule has 0 radical (unpaired) electrons. The van der Waals surface area contributed by atoms with Gasteiger partial charge in [0.05, 0.1) is 47.6 Å². The van der Waals surface area contributed by atoms with Crippen molar-refractivity contribution in [1.82, 2.24) is 39.0 Å². The van der Waals surface area contributed by atoms with Crippen LogP contribution in [0.4, 0.5) is 11.4 Å². The number of allylic oxidation sites excluding steroid dienone is 2. The van der Waals surface area contributed by atoms with Gasteiger partial charge in [0.25, 0.3) is 31.8 Å². The number of hydrogen-bond acceptors (Lipinski definition) is 13. The number of Topliss-reactive ketones (excluding diaryl/α,β-unsaturated/α-hetero) is 1. The van der Waals surface area contributed by atoms with Crippen molar-refractivity contribution in [3.8, 4) is 23.3 Å². The minimum atomic E-state index is -4.10. The van der Waals surface area contributed by atoms with E-state index in [1.807, 2.05) is 106 Å². The van der Waals surface area contributed by atoms with Crippen molar-refractivity contribution in [1.29, 1.82) is 0 Å². The second kappa shape index (κ2) is 25.7. The summed E-state index contributed by atoms with van der Waals surface area (Å²) >= 11 is 12.6. The smallest absolute Gasteiger partial charge is 0.263 e. The first kappa shape index (κ1) is 58.1. The Kier molecular flexibility index (Phi) is 17.0. The van der Waals surface area contributed by atoms with Gasteiger partial charge in [-0.1, -0.05) is 181 Å². The van der Waals surface area contributed by atoms with Crippen molar-refractivity contribution in [3.63, 3.8) is 0 Å². The summed E-state index contributed by atoms with van der Waals surface area (Å²) in [6.07, 6.45) is 13.5. The third-order valence-electron chi connectivity index (χ3n) is 14.2. The fourth-order valence-corrected chi connectivity index (χ4v) is 12.9. The van der Waals surface area contributed by atoms with Crippen LogP contribution < -0.4 is 18.9 Å². The van der Waals surface area contributed by atoms with Crippen LogP contribution in [0.15, 0.2) is 254 Å². The van der Waals surface area contributed by atoms with Crippen molar-refractivity contribution < 1.29 is 31.1 Å². The number of carbonyl (C=O) groups is 1. The number of sulfonamides is 2. The minimum Gasteiger partial charge on any atom is -0.437 e. The van der Waals surface area contributed by atoms with E-state index in [0.29, 0.717) is 58.0 Å². The summed E-state index contributed by atoms with van der Waals surface area (Å²) in [5.74, 6) is -0.644. The molecule has 0 saturated heterocycles. The largest absolute Gasteiger partial charge is 0.437 e. The molecule has 0 spiro atoms. The molecular formula is C67H50Cl2N10O7S2. The normalized spacial score (nSPS) is 12.6. The zero-order valence-electron chi connectivity index (χ0n) is 46.3. The molecule has 12 rings (SSSR count). The van der Waals surface area contributed by atoms with E-state index in [1.54, 1.807) is 122 Å². The van der Waals surface area contributed by atoms with Crippen LogP contribution in [-0.2, 0) is 37.9 Å². The third-order valence-corrected chi connectivity index (χ3v) is 17.9. The van der Waals surface area contributed by atoms with E-state index in [2.05, 4.69) is 39.3 Å². The molecule has 436 valence electrons. The number of nitrogens with zero attached hydrogens (tertiary/aromatic N) is 8. The Morgan fingerprint density at radius 3 is 1.22 bits per heavy atom. The van der Waals surface area contributed by atoms with Crippen LogP contribution in [0.25, 0.3) is 34.5 Å². The van der Waals surface area contributed by atoms with E-state index >= 15 is 4.79 Å². The van der Waals surface area contributed by atoms with Crippen LogP contribution >= 0.6 is 23.2 Å². The number of aromatic nitrogens is 8. The van der Waals surface area contributed by atoms with E-state index in [4.69, 9.17) is 32.7 Å². The van der Waals surface area contributed by atoms with Gasteiger partial charge in [-0.05, 0) is 106 Å². The number of rotatable bonds is 22. The van der Waals surface area contributed by atoms with Crippen molar-refractivity contribution in [2.24, 2.45) is 0 Å². The van der Waals surface area contributed by atoms with Crippen LogP contribution in [0.2, 0.25) is 10.0 Å². The Bertz CT molecular complexity index is 4470. The molecule has 0 bridgehead atoms. The van der Waals surface area contributed by atoms with Gasteiger partial charge in [-0.15, -0.1) is 0 Å². The standard InChI is InChI=1S/C67H50Cl2N10O7S2/c68-57-15-7-9-17-59(57)87(81,82)76-51-29-25-49(26-30-51)55(37-23-45-19-33-53(34-20-45)85-66-61-64(70-41-72-66)78(43-74-61)39-47-11-3-1-4-12-47)63(80)56(50-27-31-52(32-28-50)77-88(83,84)60-18-10-8-16-58(60)69)38-24-46-21-35-54(36-22-46)86-67-62-65(71-42-73-67)79(44-75-62)40-48-13-5-2-6-14-48/h1-38,41-44,55-56,76-77H,39-40H2/b37-23+,38-24+. The number of ketones is 1. The van der Waals surface area contributed by atoms with Crippen molar-refractivity contribution in [2.45, 2.75) is 34.7 Å². The molecule has 0 aliphatic rings. The highest BCUT2D eigenvalue weighted by Crippen LogP contribution is 2.35. The Hall–Kier alpha value is -10.3. The predicted octanol–water partition coefficient (Wildman–Crippen LogP) is 14.4. The summed E-state index contributed by atoms with van der Waals surface area (Å²) in [6, 6.07) is 59.7. The summed E-state index contributed by atoms with van der Waals surface area (Å²) in [5, 5.41) is 0.113. The average Bonchev–Trinajstić information content (AvgIpc) is 2.71. The van der Waals surface area contributed by atoms with Gasteiger partial charge in [0.2, 0.25) is 0 Å². The van der Waals surface area contributed by atoms with Gasteiger partial charge >= 0.3 is 0 Å². The number of nitrogens with one attached hydrogen (secondary N) is 2. The number of fused-ring (bicyclic) bond motifs is 2. The second-order valence-electron chi connectivity index (χ2n) is 20.2. The maximum atomic E-state index is 15.7. The van der Waals surface area contributed by atoms with Crippen LogP contribution in [0.5, 0.6) is 23.3 Å². The molecule has 2 unspecified atom stereocenters. The van der Waals surface area contributed by atoms with Crippen LogP contribution in [0.1, 0.15) is 45.2 Å². The Labute approximate surface area is 516 Å². The van der Waals surface area contributed by atoms with Crippen molar-refractivity contribution in [2.75, 3.05) is 9.44 Å².